The standard InChI is InChI=1S/C13H29NO5Si/c1-7-18-12(17)11(14(9-15)10-16)8-19-20(5,6)13(2,3)4/h11,15-16H,7-10H2,1-6H3/t11-/m1/s1. The number of hydrogen-bond acceptors (Lipinski definition) is 6. The number of carbonyl (C=O) groups excluding carboxylic acids is 1. The minimum absolute atomic E-state index is 0.0233. The minimum Gasteiger partial charge on any atom is -0.465 e. The fraction of sp³-hybridized carbons (Fsp3) is 0.923. The lowest BCUT2D eigenvalue weighted by atomic mass is 10.2. The van der Waals surface area contributed by atoms with Crippen LogP contribution in [0.4, 0.5) is 0 Å². The van der Waals surface area contributed by atoms with Gasteiger partial charge in [0.15, 0.2) is 8.32 Å². The van der Waals surface area contributed by atoms with Crippen LogP contribution in [0.15, 0.2) is 0 Å². The molecule has 0 aromatic heterocycles. The molecule has 1 atom stereocenters. The molecule has 0 rings (SSSR count). The highest BCUT2D eigenvalue weighted by molar-refractivity contribution is 6.74. The molecule has 0 aromatic carbocycles. The maximum atomic E-state index is 11.9. The Bertz CT molecular complexity index is 300. The molecule has 0 bridgehead atoms. The number of carbonyl (C=O) groups is 1. The molecule has 0 aromatic rings. The van der Waals surface area contributed by atoms with Gasteiger partial charge in [0.05, 0.1) is 26.7 Å². The third kappa shape index (κ3) is 5.49. The summed E-state index contributed by atoms with van der Waals surface area (Å²) >= 11 is 0. The molecule has 0 saturated heterocycles. The van der Waals surface area contributed by atoms with E-state index in [9.17, 15) is 15.0 Å². The lowest BCUT2D eigenvalue weighted by Crippen LogP contribution is -2.50. The smallest absolute Gasteiger partial charge is 0.325 e. The fourth-order valence-electron chi connectivity index (χ4n) is 1.31. The van der Waals surface area contributed by atoms with Gasteiger partial charge in [-0.3, -0.25) is 4.79 Å². The fourth-order valence-corrected chi connectivity index (χ4v) is 2.31. The summed E-state index contributed by atoms with van der Waals surface area (Å²) in [5.74, 6) is -0.491. The van der Waals surface area contributed by atoms with Gasteiger partial charge in [-0.05, 0) is 25.1 Å². The Hall–Kier alpha value is -0.473. The van der Waals surface area contributed by atoms with Gasteiger partial charge in [0.25, 0.3) is 0 Å². The molecule has 0 aliphatic carbocycles. The lowest BCUT2D eigenvalue weighted by Gasteiger charge is -2.38. The van der Waals surface area contributed by atoms with E-state index in [1.54, 1.807) is 6.92 Å². The Balaban J connectivity index is 4.87. The van der Waals surface area contributed by atoms with Crippen LogP contribution in [-0.4, -0.2) is 62.1 Å². The van der Waals surface area contributed by atoms with Gasteiger partial charge in [-0.2, -0.15) is 0 Å². The number of nitrogens with zero attached hydrogens (tertiary/aromatic N) is 1. The van der Waals surface area contributed by atoms with E-state index >= 15 is 0 Å². The quantitative estimate of drug-likeness (QED) is 0.398. The topological polar surface area (TPSA) is 79.2 Å². The van der Waals surface area contributed by atoms with Gasteiger partial charge in [0, 0.05) is 0 Å². The van der Waals surface area contributed by atoms with Crippen LogP contribution < -0.4 is 0 Å². The summed E-state index contributed by atoms with van der Waals surface area (Å²) in [4.78, 5) is 13.1. The molecule has 2 N–H and O–H groups in total. The van der Waals surface area contributed by atoms with Crippen molar-refractivity contribution in [1.82, 2.24) is 4.90 Å². The normalized spacial score (nSPS) is 14.4. The van der Waals surface area contributed by atoms with Gasteiger partial charge in [0.2, 0.25) is 0 Å². The third-order valence-electron chi connectivity index (χ3n) is 3.77. The second-order valence-electron chi connectivity index (χ2n) is 6.21. The first-order chi connectivity index (χ1) is 9.10. The summed E-state index contributed by atoms with van der Waals surface area (Å²) in [5.41, 5.74) is 0. The number of aliphatic hydroxyl groups is 2. The van der Waals surface area contributed by atoms with Crippen molar-refractivity contribution in [1.29, 1.82) is 0 Å². The summed E-state index contributed by atoms with van der Waals surface area (Å²) in [6.07, 6.45) is 0. The van der Waals surface area contributed by atoms with Crippen molar-refractivity contribution in [3.05, 3.63) is 0 Å². The van der Waals surface area contributed by atoms with Crippen LogP contribution in [0.1, 0.15) is 27.7 Å². The molecule has 0 heterocycles. The zero-order valence-electron chi connectivity index (χ0n) is 13.5. The molecule has 20 heavy (non-hydrogen) atoms. The van der Waals surface area contributed by atoms with Crippen LogP contribution in [0.25, 0.3) is 0 Å². The summed E-state index contributed by atoms with van der Waals surface area (Å²) in [7, 11) is -2.01. The van der Waals surface area contributed by atoms with Crippen LogP contribution in [0.2, 0.25) is 18.1 Å². The predicted octanol–water partition coefficient (Wildman–Crippen LogP) is 1.14. The van der Waals surface area contributed by atoms with Gasteiger partial charge in [-0.25, -0.2) is 4.90 Å². The molecule has 120 valence electrons. The largest absolute Gasteiger partial charge is 0.465 e. The summed E-state index contributed by atoms with van der Waals surface area (Å²) in [6.45, 7) is 11.7. The number of hydrogen-bond donors (Lipinski definition) is 2. The Morgan fingerprint density at radius 3 is 2.10 bits per heavy atom. The number of ether oxygens (including phenoxy) is 1. The highest BCUT2D eigenvalue weighted by atomic mass is 28.4. The molecule has 0 amide bonds. The van der Waals surface area contributed by atoms with Crippen molar-refractivity contribution >= 4 is 14.3 Å². The highest BCUT2D eigenvalue weighted by Crippen LogP contribution is 2.36. The van der Waals surface area contributed by atoms with E-state index in [0.29, 0.717) is 0 Å². The lowest BCUT2D eigenvalue weighted by molar-refractivity contribution is -0.155. The average Bonchev–Trinajstić information content (AvgIpc) is 2.33. The van der Waals surface area contributed by atoms with Gasteiger partial charge in [-0.1, -0.05) is 20.8 Å². The van der Waals surface area contributed by atoms with Crippen molar-refractivity contribution in [2.24, 2.45) is 0 Å². The molecular formula is C13H29NO5Si. The van der Waals surface area contributed by atoms with E-state index in [2.05, 4.69) is 33.9 Å². The van der Waals surface area contributed by atoms with E-state index in [1.807, 2.05) is 0 Å². The second kappa shape index (κ2) is 8.09. The van der Waals surface area contributed by atoms with E-state index in [-0.39, 0.29) is 18.3 Å². The van der Waals surface area contributed by atoms with E-state index < -0.39 is 33.8 Å². The molecule has 0 spiro atoms. The first-order valence-corrected chi connectivity index (χ1v) is 9.78. The van der Waals surface area contributed by atoms with Crippen molar-refractivity contribution in [3.8, 4) is 0 Å². The van der Waals surface area contributed by atoms with Crippen molar-refractivity contribution < 1.29 is 24.2 Å². The van der Waals surface area contributed by atoms with Gasteiger partial charge in [0.1, 0.15) is 6.04 Å². The van der Waals surface area contributed by atoms with Gasteiger partial charge < -0.3 is 19.4 Å². The van der Waals surface area contributed by atoms with Gasteiger partial charge >= 0.3 is 5.97 Å². The monoisotopic (exact) mass is 307 g/mol. The van der Waals surface area contributed by atoms with E-state index in [4.69, 9.17) is 9.16 Å². The zero-order chi connectivity index (χ0) is 16.0. The number of aliphatic hydroxyl groups excluding tert-OH is 2. The minimum atomic E-state index is -2.01. The Morgan fingerprint density at radius 1 is 1.25 bits per heavy atom. The molecule has 0 aliphatic rings. The Kier molecular flexibility index (Phi) is 7.90. The molecular weight excluding hydrogens is 278 g/mol. The van der Waals surface area contributed by atoms with Crippen molar-refractivity contribution in [2.45, 2.75) is 51.9 Å². The van der Waals surface area contributed by atoms with Crippen LogP contribution in [-0.2, 0) is 14.0 Å². The van der Waals surface area contributed by atoms with Gasteiger partial charge in [-0.15, -0.1) is 0 Å². The summed E-state index contributed by atoms with van der Waals surface area (Å²) < 4.78 is 11.0. The SMILES string of the molecule is CCOC(=O)[C@@H](CO[Si](C)(C)C(C)(C)C)N(CO)CO. The molecule has 6 nitrogen and oxygen atoms in total. The first-order valence-electron chi connectivity index (χ1n) is 6.87. The third-order valence-corrected chi connectivity index (χ3v) is 8.27. The van der Waals surface area contributed by atoms with Crippen LogP contribution >= 0.6 is 0 Å². The van der Waals surface area contributed by atoms with Crippen LogP contribution in [0.3, 0.4) is 0 Å². The van der Waals surface area contributed by atoms with Crippen LogP contribution in [0, 0.1) is 0 Å². The first kappa shape index (κ1) is 19.5. The molecule has 0 aliphatic heterocycles. The molecule has 0 saturated carbocycles. The maximum absolute atomic E-state index is 11.9. The van der Waals surface area contributed by atoms with E-state index in [1.165, 1.54) is 4.90 Å². The highest BCUT2D eigenvalue weighted by Gasteiger charge is 2.39. The second-order valence-corrected chi connectivity index (χ2v) is 11.0. The molecule has 0 fully saturated rings. The number of rotatable bonds is 8. The van der Waals surface area contributed by atoms with E-state index in [0.717, 1.165) is 0 Å². The Labute approximate surface area is 122 Å². The molecule has 7 heteroatoms. The molecule has 0 unspecified atom stereocenters. The summed E-state index contributed by atoms with van der Waals surface area (Å²) in [5, 5.41) is 18.5. The number of esters is 1. The zero-order valence-corrected chi connectivity index (χ0v) is 14.5. The Morgan fingerprint density at radius 2 is 1.75 bits per heavy atom. The van der Waals surface area contributed by atoms with Crippen molar-refractivity contribution in [3.63, 3.8) is 0 Å². The molecule has 0 radical (unpaired) electrons. The maximum Gasteiger partial charge on any atom is 0.325 e. The van der Waals surface area contributed by atoms with Crippen LogP contribution in [0.5, 0.6) is 0 Å². The summed E-state index contributed by atoms with van der Waals surface area (Å²) in [6, 6.07) is -0.793. The predicted molar refractivity (Wildman–Crippen MR) is 79.6 cm³/mol. The van der Waals surface area contributed by atoms with Crippen molar-refractivity contribution in [2.75, 3.05) is 26.7 Å². The average molecular weight is 307 g/mol.